The largest absolute Gasteiger partial charge is 0.306 e. The lowest BCUT2D eigenvalue weighted by atomic mass is 10.1. The quantitative estimate of drug-likeness (QED) is 0.667. The summed E-state index contributed by atoms with van der Waals surface area (Å²) in [4.78, 5) is 24.1. The zero-order valence-electron chi connectivity index (χ0n) is 11.2. The molecule has 0 aliphatic carbocycles. The molecule has 7 heteroatoms. The van der Waals surface area contributed by atoms with Gasteiger partial charge in [0.1, 0.15) is 0 Å². The van der Waals surface area contributed by atoms with Gasteiger partial charge in [-0.25, -0.2) is 5.43 Å². The number of non-ortho nitro benzene ring substituents is 1. The van der Waals surface area contributed by atoms with Crippen LogP contribution in [0.15, 0.2) is 29.4 Å². The minimum Gasteiger partial charge on any atom is -0.306 e. The van der Waals surface area contributed by atoms with E-state index >= 15 is 0 Å². The average molecular weight is 276 g/mol. The zero-order chi connectivity index (χ0) is 14.5. The second-order valence-corrected chi connectivity index (χ2v) is 4.73. The summed E-state index contributed by atoms with van der Waals surface area (Å²) in [6.07, 6.45) is 1.69. The van der Waals surface area contributed by atoms with E-state index in [1.54, 1.807) is 0 Å². The number of nitrogens with zero attached hydrogens (tertiary/aromatic N) is 3. The number of nitro groups is 1. The van der Waals surface area contributed by atoms with Gasteiger partial charge >= 0.3 is 0 Å². The van der Waals surface area contributed by atoms with Crippen molar-refractivity contribution in [1.82, 2.24) is 10.3 Å². The Morgan fingerprint density at radius 1 is 1.30 bits per heavy atom. The molecule has 20 heavy (non-hydrogen) atoms. The van der Waals surface area contributed by atoms with Crippen molar-refractivity contribution in [1.29, 1.82) is 0 Å². The predicted octanol–water partition coefficient (Wildman–Crippen LogP) is 1.41. The zero-order valence-corrected chi connectivity index (χ0v) is 11.2. The highest BCUT2D eigenvalue weighted by Crippen LogP contribution is 2.12. The highest BCUT2D eigenvalue weighted by molar-refractivity contribution is 5.95. The van der Waals surface area contributed by atoms with Gasteiger partial charge in [-0.15, -0.1) is 0 Å². The smallest absolute Gasteiger partial charge is 0.271 e. The number of hydrogen-bond acceptors (Lipinski definition) is 5. The number of nitrogens with one attached hydrogen (secondary N) is 1. The first-order valence-electron chi connectivity index (χ1n) is 6.35. The summed E-state index contributed by atoms with van der Waals surface area (Å²) in [5.41, 5.74) is 3.78. The number of carbonyl (C=O) groups is 1. The van der Waals surface area contributed by atoms with E-state index in [0.29, 0.717) is 5.56 Å². The molecule has 0 unspecified atom stereocenters. The standard InChI is InChI=1S/C13H16N4O3/c1-16-8-6-11(7-9-16)14-15-13(18)10-2-4-12(5-3-10)17(19)20/h2-5H,6-9H2,1H3,(H,15,18). The number of benzene rings is 1. The van der Waals surface area contributed by atoms with Crippen LogP contribution in [0.4, 0.5) is 5.69 Å². The fourth-order valence-corrected chi connectivity index (χ4v) is 1.92. The van der Waals surface area contributed by atoms with Gasteiger partial charge in [-0.05, 0) is 19.2 Å². The van der Waals surface area contributed by atoms with Crippen LogP contribution < -0.4 is 5.43 Å². The van der Waals surface area contributed by atoms with E-state index in [2.05, 4.69) is 15.4 Å². The summed E-state index contributed by atoms with van der Waals surface area (Å²) in [7, 11) is 2.05. The number of piperidine rings is 1. The van der Waals surface area contributed by atoms with Crippen LogP contribution in [0.25, 0.3) is 0 Å². The Kier molecular flexibility index (Phi) is 4.41. The first-order valence-corrected chi connectivity index (χ1v) is 6.35. The molecule has 1 N–H and O–H groups in total. The molecule has 1 fully saturated rings. The summed E-state index contributed by atoms with van der Waals surface area (Å²) in [6.45, 7) is 1.87. The Balaban J connectivity index is 1.94. The third-order valence-electron chi connectivity index (χ3n) is 3.22. The molecule has 0 bridgehead atoms. The van der Waals surface area contributed by atoms with Crippen molar-refractivity contribution in [2.45, 2.75) is 12.8 Å². The molecule has 1 aromatic carbocycles. The Morgan fingerprint density at radius 2 is 1.90 bits per heavy atom. The summed E-state index contributed by atoms with van der Waals surface area (Å²) in [5.74, 6) is -0.355. The summed E-state index contributed by atoms with van der Waals surface area (Å²) in [6, 6.07) is 5.44. The molecular weight excluding hydrogens is 260 g/mol. The van der Waals surface area contributed by atoms with Gasteiger partial charge in [0.25, 0.3) is 11.6 Å². The third kappa shape index (κ3) is 3.61. The lowest BCUT2D eigenvalue weighted by Gasteiger charge is -2.22. The van der Waals surface area contributed by atoms with Crippen molar-refractivity contribution in [3.63, 3.8) is 0 Å². The van der Waals surface area contributed by atoms with Gasteiger partial charge in [-0.2, -0.15) is 5.10 Å². The molecule has 0 saturated carbocycles. The normalized spacial score (nSPS) is 15.8. The summed E-state index contributed by atoms with van der Waals surface area (Å²) in [5, 5.41) is 14.6. The van der Waals surface area contributed by atoms with Crippen LogP contribution in [0, 0.1) is 10.1 Å². The second-order valence-electron chi connectivity index (χ2n) is 4.73. The number of hydrogen-bond donors (Lipinski definition) is 1. The molecule has 1 aliphatic heterocycles. The highest BCUT2D eigenvalue weighted by Gasteiger charge is 2.12. The maximum atomic E-state index is 11.8. The summed E-state index contributed by atoms with van der Waals surface area (Å²) < 4.78 is 0. The predicted molar refractivity (Wildman–Crippen MR) is 74.7 cm³/mol. The first kappa shape index (κ1) is 14.1. The van der Waals surface area contributed by atoms with Gasteiger partial charge in [0, 0.05) is 49.3 Å². The minimum atomic E-state index is -0.500. The Morgan fingerprint density at radius 3 is 2.45 bits per heavy atom. The highest BCUT2D eigenvalue weighted by atomic mass is 16.6. The molecular formula is C13H16N4O3. The topological polar surface area (TPSA) is 87.8 Å². The maximum Gasteiger partial charge on any atom is 0.271 e. The molecule has 0 radical (unpaired) electrons. The van der Waals surface area contributed by atoms with Crippen LogP contribution in [0.5, 0.6) is 0 Å². The van der Waals surface area contributed by atoms with E-state index < -0.39 is 4.92 Å². The minimum absolute atomic E-state index is 0.0387. The Hall–Kier alpha value is -2.28. The van der Waals surface area contributed by atoms with Crippen LogP contribution >= 0.6 is 0 Å². The molecule has 7 nitrogen and oxygen atoms in total. The van der Waals surface area contributed by atoms with Gasteiger partial charge in [-0.3, -0.25) is 14.9 Å². The van der Waals surface area contributed by atoms with Crippen molar-refractivity contribution in [3.8, 4) is 0 Å². The van der Waals surface area contributed by atoms with E-state index in [0.717, 1.165) is 31.6 Å². The number of amides is 1. The molecule has 0 aromatic heterocycles. The second kappa shape index (κ2) is 6.25. The van der Waals surface area contributed by atoms with Crippen LogP contribution in [0.3, 0.4) is 0 Å². The maximum absolute atomic E-state index is 11.8. The molecule has 2 rings (SSSR count). The molecule has 0 spiro atoms. The van der Waals surface area contributed by atoms with E-state index in [1.165, 1.54) is 24.3 Å². The molecule has 0 atom stereocenters. The van der Waals surface area contributed by atoms with E-state index in [9.17, 15) is 14.9 Å². The van der Waals surface area contributed by atoms with Crippen LogP contribution in [-0.2, 0) is 0 Å². The van der Waals surface area contributed by atoms with Crippen molar-refractivity contribution < 1.29 is 9.72 Å². The van der Waals surface area contributed by atoms with Gasteiger partial charge in [0.2, 0.25) is 0 Å². The lowest BCUT2D eigenvalue weighted by Crippen LogP contribution is -2.32. The monoisotopic (exact) mass is 276 g/mol. The Labute approximate surface area is 116 Å². The van der Waals surface area contributed by atoms with Crippen LogP contribution in [0.2, 0.25) is 0 Å². The van der Waals surface area contributed by atoms with Gasteiger partial charge in [0.15, 0.2) is 0 Å². The molecule has 1 aliphatic rings. The molecule has 1 heterocycles. The molecule has 106 valence electrons. The van der Waals surface area contributed by atoms with Gasteiger partial charge < -0.3 is 4.90 Å². The van der Waals surface area contributed by atoms with Crippen molar-refractivity contribution in [2.24, 2.45) is 5.10 Å². The fraction of sp³-hybridized carbons (Fsp3) is 0.385. The van der Waals surface area contributed by atoms with Crippen LogP contribution in [-0.4, -0.2) is 41.6 Å². The van der Waals surface area contributed by atoms with Gasteiger partial charge in [-0.1, -0.05) is 0 Å². The van der Waals surface area contributed by atoms with Crippen molar-refractivity contribution in [2.75, 3.05) is 20.1 Å². The van der Waals surface area contributed by atoms with Gasteiger partial charge in [0.05, 0.1) is 4.92 Å². The van der Waals surface area contributed by atoms with E-state index in [4.69, 9.17) is 0 Å². The number of carbonyl (C=O) groups excluding carboxylic acids is 1. The lowest BCUT2D eigenvalue weighted by molar-refractivity contribution is -0.384. The van der Waals surface area contributed by atoms with Crippen molar-refractivity contribution in [3.05, 3.63) is 39.9 Å². The summed E-state index contributed by atoms with van der Waals surface area (Å²) >= 11 is 0. The number of likely N-dealkylation sites (tertiary alicyclic amines) is 1. The number of nitro benzene ring substituents is 1. The molecule has 1 saturated heterocycles. The molecule has 1 aromatic rings. The number of hydrazone groups is 1. The average Bonchev–Trinajstić information content (AvgIpc) is 2.46. The third-order valence-corrected chi connectivity index (χ3v) is 3.22. The fourth-order valence-electron chi connectivity index (χ4n) is 1.92. The first-order chi connectivity index (χ1) is 9.56. The van der Waals surface area contributed by atoms with Crippen molar-refractivity contribution >= 4 is 17.3 Å². The Bertz CT molecular complexity index is 529. The number of rotatable bonds is 3. The van der Waals surface area contributed by atoms with E-state index in [1.807, 2.05) is 7.05 Å². The SMILES string of the molecule is CN1CCC(=NNC(=O)c2ccc([N+](=O)[O-])cc2)CC1. The van der Waals surface area contributed by atoms with Crippen LogP contribution in [0.1, 0.15) is 23.2 Å². The molecule has 1 amide bonds. The van der Waals surface area contributed by atoms with E-state index in [-0.39, 0.29) is 11.6 Å².